The number of amides is 6. The van der Waals surface area contributed by atoms with Gasteiger partial charge in [-0.3, -0.25) is 38.8 Å². The fourth-order valence-electron chi connectivity index (χ4n) is 20.4. The number of imidazole rings is 2. The number of Topliss-reactive ketones (excluding diaryl/α,β-unsaturated/α-hetero) is 1. The molecule has 2 aromatic heterocycles. The zero-order chi connectivity index (χ0) is 92.2. The van der Waals surface area contributed by atoms with E-state index in [0.717, 1.165) is 174 Å². The molecule has 1 aliphatic carbocycles. The molecular formula is C102H114N12O17. The lowest BCUT2D eigenvalue weighted by atomic mass is 9.90. The quantitative estimate of drug-likeness (QED) is 0.0254. The summed E-state index contributed by atoms with van der Waals surface area (Å²) in [5.74, 6) is 0.557. The standard InChI is InChI=1S/C50H55N7O8.C41H47N5O5.C11H12O4/c1-27(2)45(55-50(63)64-4)49(62)57-28(3)10-15-41(57)39-21-36-35-22-43-37(20-31(35)12-14-38(36)52-39)34-13-11-32(19-33(34)26-65-43)40-23-51-47(53-40)42-18-29(16-17-58)24-56(42)48(61)46(54-44(60)25-59)30-8-6-5-7-9-30;1-22(2)38(45-41(49)50-4)40(48)46-23(3)5-12-36(46)34-18-31-30-19-37-32(17-25(30)9-11-33(31)43-34)29-10-8-26(16-28(29)21-51-37)35-20-42-39(44-35)27-7-6-24(15-27)13-14-47;12-7-9(13)6-10(11(14)15)8-4-2-1-3-5-8/h5-9,11-14,19-20,22-23,27-29,41-42,45-46,58-59H,10,15-18,21,24-26H2,1-4H3,(H,51,53)(H,54,60)(H,55,63);8-11,16-17,19-20,22-24,27,36,38,47H,5-7,12-15,18,21H2,1-4H3,(H,42,44)(H,45,49);1-5,10,12H,6-7H2,(H,14,15)/t28-,29-,41-,42-,45-,46+;23-,24-,27-,36-,38-;10-/m001/s1. The Morgan fingerprint density at radius 1 is 0.519 bits per heavy atom. The van der Waals surface area contributed by atoms with E-state index in [1.54, 1.807) is 65.7 Å². The number of carboxylic acids is 1. The van der Waals surface area contributed by atoms with Crippen LogP contribution >= 0.6 is 0 Å². The number of likely N-dealkylation sites (tertiary alicyclic amines) is 3. The molecule has 18 rings (SSSR count). The van der Waals surface area contributed by atoms with Crippen LogP contribution in [-0.4, -0.2) is 203 Å². The fourth-order valence-corrected chi connectivity index (χ4v) is 20.4. The number of hydrogen-bond acceptors (Lipinski definition) is 20. The second-order valence-corrected chi connectivity index (χ2v) is 36.4. The SMILES string of the molecule is COC(=O)N[C@H](C(=O)N1[C@@H](C)CC[C@H]1C1=Nc2ccc3cc4c(cc3c2C1)OCc1cc(-c2cnc([C@@H]3C[C@H](CCO)CN3C(=O)[C@H](NC(=O)CO)c3ccccc3)[nH]2)ccc1-4)C(C)C.COC(=O)N[C@H](C(=O)N1[C@@H](C)CC[C@H]1C1=Nc2ccc3cc4c(cc3c2C1)OCc1cc(-c2cnc([C@H]3CC[C@@H](CCO)C3)[nH]2)ccc1-4)C(C)C.O=C(CO)C[C@@H](C(=O)O)c1ccccc1. The summed E-state index contributed by atoms with van der Waals surface area (Å²) in [7, 11) is 2.61. The Morgan fingerprint density at radius 2 is 1.02 bits per heavy atom. The largest absolute Gasteiger partial charge is 0.488 e. The van der Waals surface area contributed by atoms with Gasteiger partial charge in [-0.2, -0.15) is 0 Å². The van der Waals surface area contributed by atoms with Crippen molar-refractivity contribution in [1.82, 2.24) is 50.6 Å². The van der Waals surface area contributed by atoms with Crippen molar-refractivity contribution >= 4 is 91.9 Å². The van der Waals surface area contributed by atoms with Gasteiger partial charge in [0.25, 0.3) is 0 Å². The van der Waals surface area contributed by atoms with Crippen molar-refractivity contribution in [2.24, 2.45) is 33.7 Å². The molecule has 0 unspecified atom stereocenters. The van der Waals surface area contributed by atoms with Gasteiger partial charge < -0.3 is 85.1 Å². The highest BCUT2D eigenvalue weighted by atomic mass is 16.5. The fraction of sp³-hybridized carbons (Fsp3) is 0.412. The van der Waals surface area contributed by atoms with Gasteiger partial charge in [-0.1, -0.05) is 125 Å². The summed E-state index contributed by atoms with van der Waals surface area (Å²) in [6.45, 7) is 12.0. The number of aliphatic hydroxyl groups is 4. The molecule has 12 atom stereocenters. The normalized spacial score (nSPS) is 20.5. The number of carboxylic acid groups (broad SMARTS) is 1. The minimum Gasteiger partial charge on any atom is -0.488 e. The summed E-state index contributed by atoms with van der Waals surface area (Å²) in [5.41, 5.74) is 17.5. The van der Waals surface area contributed by atoms with Gasteiger partial charge in [0.2, 0.25) is 23.6 Å². The third kappa shape index (κ3) is 19.2. The van der Waals surface area contributed by atoms with Gasteiger partial charge in [0, 0.05) is 79.6 Å². The Hall–Kier alpha value is -13.0. The van der Waals surface area contributed by atoms with Crippen molar-refractivity contribution in [3.8, 4) is 56.3 Å². The van der Waals surface area contributed by atoms with Crippen LogP contribution in [0.5, 0.6) is 11.5 Å². The molecule has 1 saturated carbocycles. The summed E-state index contributed by atoms with van der Waals surface area (Å²) in [6.07, 6.45) is 12.3. The molecule has 0 radical (unpaired) electrons. The molecule has 0 bridgehead atoms. The molecule has 6 amide bonds. The predicted octanol–water partition coefficient (Wildman–Crippen LogP) is 14.6. The number of aliphatic hydroxyl groups excluding tert-OH is 4. The molecular weight excluding hydrogens is 1670 g/mol. The van der Waals surface area contributed by atoms with Gasteiger partial charge >= 0.3 is 18.2 Å². The van der Waals surface area contributed by atoms with Gasteiger partial charge in [-0.15, -0.1) is 0 Å². The number of fused-ring (bicyclic) bond motifs is 12. The smallest absolute Gasteiger partial charge is 0.407 e. The first kappa shape index (κ1) is 91.4. The number of alkyl carbamates (subject to hydrolysis) is 2. The van der Waals surface area contributed by atoms with Crippen molar-refractivity contribution in [3.63, 3.8) is 0 Å². The number of nitrogens with one attached hydrogen (secondary N) is 5. The van der Waals surface area contributed by atoms with E-state index in [1.807, 2.05) is 49.8 Å². The highest BCUT2D eigenvalue weighted by Gasteiger charge is 2.46. The number of carbonyl (C=O) groups excluding carboxylic acids is 7. The molecule has 10 N–H and O–H groups in total. The van der Waals surface area contributed by atoms with E-state index >= 15 is 0 Å². The maximum atomic E-state index is 14.3. The van der Waals surface area contributed by atoms with Gasteiger partial charge in [0.15, 0.2) is 5.78 Å². The van der Waals surface area contributed by atoms with E-state index in [-0.39, 0.29) is 79.3 Å². The van der Waals surface area contributed by atoms with Crippen LogP contribution in [0.15, 0.2) is 168 Å². The topological polar surface area (TPSA) is 403 Å². The maximum Gasteiger partial charge on any atom is 0.407 e. The summed E-state index contributed by atoms with van der Waals surface area (Å²) >= 11 is 0. The number of methoxy groups -OCH3 is 2. The molecule has 8 aliphatic rings. The lowest BCUT2D eigenvalue weighted by Crippen LogP contribution is -2.55. The third-order valence-electron chi connectivity index (χ3n) is 27.4. The Labute approximate surface area is 759 Å². The van der Waals surface area contributed by atoms with Crippen molar-refractivity contribution in [1.29, 1.82) is 0 Å². The molecule has 684 valence electrons. The number of carbonyl (C=O) groups is 8. The summed E-state index contributed by atoms with van der Waals surface area (Å²) in [4.78, 5) is 133. The Morgan fingerprint density at radius 3 is 1.50 bits per heavy atom. The molecule has 10 aromatic rings. The van der Waals surface area contributed by atoms with Crippen LogP contribution in [0.2, 0.25) is 0 Å². The molecule has 9 heterocycles. The van der Waals surface area contributed by atoms with Crippen LogP contribution in [0.3, 0.4) is 0 Å². The number of rotatable bonds is 25. The number of aliphatic imine (C=N–C) groups is 2. The maximum absolute atomic E-state index is 14.3. The van der Waals surface area contributed by atoms with E-state index in [1.165, 1.54) is 19.8 Å². The number of aromatic amines is 2. The molecule has 0 spiro atoms. The molecule has 131 heavy (non-hydrogen) atoms. The molecule has 8 aromatic carbocycles. The molecule has 4 fully saturated rings. The minimum atomic E-state index is -1.05. The van der Waals surface area contributed by atoms with Crippen molar-refractivity contribution < 1.29 is 82.8 Å². The van der Waals surface area contributed by atoms with Crippen molar-refractivity contribution in [3.05, 3.63) is 203 Å². The molecule has 3 saturated heterocycles. The second kappa shape index (κ2) is 39.8. The zero-order valence-corrected chi connectivity index (χ0v) is 75.0. The number of ether oxygens (including phenoxy) is 4. The minimum absolute atomic E-state index is 0.000521. The number of H-pyrrole nitrogens is 2. The highest BCUT2D eigenvalue weighted by molar-refractivity contribution is 6.09. The lowest BCUT2D eigenvalue weighted by Gasteiger charge is -2.33. The first-order valence-electron chi connectivity index (χ1n) is 45.5. The van der Waals surface area contributed by atoms with Crippen LogP contribution in [0.1, 0.15) is 181 Å². The Kier molecular flexibility index (Phi) is 27.7. The molecule has 7 aliphatic heterocycles. The van der Waals surface area contributed by atoms with Crippen molar-refractivity contribution in [2.75, 3.05) is 47.2 Å². The van der Waals surface area contributed by atoms with E-state index < -0.39 is 73.1 Å². The number of hydrogen-bond donors (Lipinski definition) is 10. The average Bonchev–Trinajstić information content (AvgIpc) is 1.71. The average molecular weight is 1780 g/mol. The summed E-state index contributed by atoms with van der Waals surface area (Å²) in [5, 5.41) is 58.8. The van der Waals surface area contributed by atoms with Gasteiger partial charge in [-0.05, 0) is 227 Å². The van der Waals surface area contributed by atoms with Crippen LogP contribution in [0.4, 0.5) is 21.0 Å². The van der Waals surface area contributed by atoms with Crippen LogP contribution < -0.4 is 25.4 Å². The third-order valence-corrected chi connectivity index (χ3v) is 27.4. The Bertz CT molecular complexity index is 6050. The van der Waals surface area contributed by atoms with Gasteiger partial charge in [0.1, 0.15) is 67.7 Å². The van der Waals surface area contributed by atoms with Crippen LogP contribution in [0, 0.1) is 23.7 Å². The summed E-state index contributed by atoms with van der Waals surface area (Å²) < 4.78 is 22.6. The van der Waals surface area contributed by atoms with E-state index in [2.05, 4.69) is 125 Å². The van der Waals surface area contributed by atoms with E-state index in [0.29, 0.717) is 74.2 Å². The first-order valence-corrected chi connectivity index (χ1v) is 45.5. The number of ketones is 1. The molecule has 29 heteroatoms. The summed E-state index contributed by atoms with van der Waals surface area (Å²) in [6, 6.07) is 44.3. The first-order chi connectivity index (χ1) is 63.3. The van der Waals surface area contributed by atoms with E-state index in [4.69, 9.17) is 49.1 Å². The number of nitrogens with zero attached hydrogens (tertiary/aromatic N) is 7. The predicted molar refractivity (Wildman–Crippen MR) is 495 cm³/mol. The highest BCUT2D eigenvalue weighted by Crippen LogP contribution is 2.50. The Balaban J connectivity index is 0.000000168. The van der Waals surface area contributed by atoms with Gasteiger partial charge in [-0.25, -0.2) is 19.6 Å². The van der Waals surface area contributed by atoms with Crippen molar-refractivity contribution in [2.45, 2.75) is 198 Å². The number of aromatic nitrogens is 4. The zero-order valence-electron chi connectivity index (χ0n) is 75.0. The van der Waals surface area contributed by atoms with Crippen LogP contribution in [-0.2, 0) is 64.3 Å². The second-order valence-electron chi connectivity index (χ2n) is 36.4. The van der Waals surface area contributed by atoms with Gasteiger partial charge in [0.05, 0.1) is 73.4 Å². The van der Waals surface area contributed by atoms with Crippen LogP contribution in [0.25, 0.3) is 66.3 Å². The monoisotopic (exact) mass is 1780 g/mol. The molecule has 29 nitrogen and oxygen atoms in total. The number of aliphatic carboxylic acids is 1. The number of benzene rings is 8. The van der Waals surface area contributed by atoms with E-state index in [9.17, 15) is 53.7 Å². The lowest BCUT2D eigenvalue weighted by molar-refractivity contribution is -0.141.